The predicted molar refractivity (Wildman–Crippen MR) is 67.0 cm³/mol. The van der Waals surface area contributed by atoms with Crippen molar-refractivity contribution in [2.24, 2.45) is 5.92 Å². The van der Waals surface area contributed by atoms with Crippen LogP contribution in [-0.2, 0) is 0 Å². The number of nitrogens with zero attached hydrogens (tertiary/aromatic N) is 1. The van der Waals surface area contributed by atoms with Crippen LogP contribution in [0.25, 0.3) is 0 Å². The minimum absolute atomic E-state index is 0.752. The molecular formula is C12H25NS. The molecule has 0 spiro atoms. The van der Waals surface area contributed by atoms with Gasteiger partial charge in [0.25, 0.3) is 0 Å². The fourth-order valence-electron chi connectivity index (χ4n) is 2.27. The van der Waals surface area contributed by atoms with E-state index in [1.54, 1.807) is 0 Å². The molecule has 1 fully saturated rings. The van der Waals surface area contributed by atoms with E-state index in [0.717, 1.165) is 12.0 Å². The zero-order chi connectivity index (χ0) is 10.4. The third kappa shape index (κ3) is 4.22. The zero-order valence-corrected chi connectivity index (χ0v) is 10.8. The smallest absolute Gasteiger partial charge is 0.00385 e. The van der Waals surface area contributed by atoms with Crippen molar-refractivity contribution in [3.63, 3.8) is 0 Å². The highest BCUT2D eigenvalue weighted by atomic mass is 32.2. The molecular weight excluding hydrogens is 190 g/mol. The van der Waals surface area contributed by atoms with Crippen molar-refractivity contribution in [3.8, 4) is 0 Å². The minimum atomic E-state index is 0.752. The summed E-state index contributed by atoms with van der Waals surface area (Å²) in [5.41, 5.74) is 0. The summed E-state index contributed by atoms with van der Waals surface area (Å²) in [6.45, 7) is 7.30. The van der Waals surface area contributed by atoms with E-state index in [4.69, 9.17) is 0 Å². The molecule has 2 heteroatoms. The van der Waals surface area contributed by atoms with E-state index in [2.05, 4.69) is 25.0 Å². The molecule has 0 aromatic heterocycles. The predicted octanol–water partition coefficient (Wildman–Crippen LogP) is 3.25. The largest absolute Gasteiger partial charge is 0.301 e. The minimum Gasteiger partial charge on any atom is -0.301 e. The molecule has 1 rings (SSSR count). The normalized spacial score (nSPS) is 20.6. The maximum absolute atomic E-state index is 2.62. The van der Waals surface area contributed by atoms with Crippen LogP contribution in [0.4, 0.5) is 0 Å². The van der Waals surface area contributed by atoms with Gasteiger partial charge in [-0.25, -0.2) is 0 Å². The molecule has 1 heterocycles. The van der Waals surface area contributed by atoms with Crippen LogP contribution in [0.2, 0.25) is 0 Å². The second kappa shape index (κ2) is 6.73. The second-order valence-corrected chi connectivity index (χ2v) is 5.69. The van der Waals surface area contributed by atoms with E-state index in [-0.39, 0.29) is 0 Å². The maximum Gasteiger partial charge on any atom is 0.00385 e. The van der Waals surface area contributed by atoms with Crippen LogP contribution in [0.1, 0.15) is 39.5 Å². The van der Waals surface area contributed by atoms with Crippen LogP contribution in [0, 0.1) is 5.92 Å². The van der Waals surface area contributed by atoms with Gasteiger partial charge < -0.3 is 4.90 Å². The molecule has 1 nitrogen and oxygen atoms in total. The number of thioether (sulfide) groups is 1. The number of hydrogen-bond acceptors (Lipinski definition) is 2. The molecule has 84 valence electrons. The average Bonchev–Trinajstić information content (AvgIpc) is 2.19. The van der Waals surface area contributed by atoms with Crippen molar-refractivity contribution in [3.05, 3.63) is 0 Å². The molecule has 0 amide bonds. The Morgan fingerprint density at radius 3 is 2.43 bits per heavy atom. The van der Waals surface area contributed by atoms with Crippen molar-refractivity contribution >= 4 is 11.8 Å². The van der Waals surface area contributed by atoms with E-state index >= 15 is 0 Å². The van der Waals surface area contributed by atoms with Gasteiger partial charge in [-0.1, -0.05) is 0 Å². The lowest BCUT2D eigenvalue weighted by atomic mass is 9.92. The Morgan fingerprint density at radius 1 is 1.29 bits per heavy atom. The summed E-state index contributed by atoms with van der Waals surface area (Å²) in [6.07, 6.45) is 7.97. The molecule has 1 aliphatic rings. The molecule has 1 aliphatic heterocycles. The molecule has 0 saturated carbocycles. The van der Waals surface area contributed by atoms with Crippen LogP contribution in [0.15, 0.2) is 0 Å². The molecule has 0 aliphatic carbocycles. The summed E-state index contributed by atoms with van der Waals surface area (Å²) < 4.78 is 0. The average molecular weight is 215 g/mol. The lowest BCUT2D eigenvalue weighted by molar-refractivity contribution is 0.145. The first kappa shape index (κ1) is 12.4. The van der Waals surface area contributed by atoms with E-state index in [1.165, 1.54) is 44.5 Å². The first-order valence-electron chi connectivity index (χ1n) is 5.97. The van der Waals surface area contributed by atoms with Gasteiger partial charge in [0.2, 0.25) is 0 Å². The Bertz CT molecular complexity index is 139. The summed E-state index contributed by atoms with van der Waals surface area (Å²) in [7, 11) is 0. The number of piperidine rings is 1. The van der Waals surface area contributed by atoms with Gasteiger partial charge in [0.1, 0.15) is 0 Å². The molecule has 0 bridgehead atoms. The van der Waals surface area contributed by atoms with Crippen LogP contribution < -0.4 is 0 Å². The fraction of sp³-hybridized carbons (Fsp3) is 1.00. The maximum atomic E-state index is 2.62. The summed E-state index contributed by atoms with van der Waals surface area (Å²) >= 11 is 1.99. The molecule has 0 aromatic rings. The van der Waals surface area contributed by atoms with Crippen LogP contribution in [-0.4, -0.2) is 36.0 Å². The molecule has 0 atom stereocenters. The van der Waals surface area contributed by atoms with E-state index in [0.29, 0.717) is 0 Å². The quantitative estimate of drug-likeness (QED) is 0.648. The Balaban J connectivity index is 2.09. The third-order valence-electron chi connectivity index (χ3n) is 3.34. The molecule has 0 radical (unpaired) electrons. The third-order valence-corrected chi connectivity index (χ3v) is 4.04. The molecule has 0 unspecified atom stereocenters. The van der Waals surface area contributed by atoms with Gasteiger partial charge in [0, 0.05) is 6.04 Å². The Labute approximate surface area is 93.6 Å². The van der Waals surface area contributed by atoms with Crippen molar-refractivity contribution < 1.29 is 0 Å². The monoisotopic (exact) mass is 215 g/mol. The summed E-state index contributed by atoms with van der Waals surface area (Å²) in [6, 6.07) is 0.752. The Morgan fingerprint density at radius 2 is 1.93 bits per heavy atom. The second-order valence-electron chi connectivity index (χ2n) is 4.71. The lowest BCUT2D eigenvalue weighted by Crippen LogP contribution is -2.38. The Kier molecular flexibility index (Phi) is 5.95. The SMILES string of the molecule is CSCCCC1CCN(C(C)C)CC1. The highest BCUT2D eigenvalue weighted by molar-refractivity contribution is 7.98. The molecule has 0 aromatic carbocycles. The molecule has 0 N–H and O–H groups in total. The summed E-state index contributed by atoms with van der Waals surface area (Å²) in [5, 5.41) is 0. The van der Waals surface area contributed by atoms with Crippen molar-refractivity contribution in [1.29, 1.82) is 0 Å². The van der Waals surface area contributed by atoms with Crippen molar-refractivity contribution in [2.75, 3.05) is 25.1 Å². The highest BCUT2D eigenvalue weighted by Gasteiger charge is 2.19. The van der Waals surface area contributed by atoms with Gasteiger partial charge in [-0.2, -0.15) is 11.8 Å². The van der Waals surface area contributed by atoms with E-state index in [1.807, 2.05) is 11.8 Å². The van der Waals surface area contributed by atoms with Crippen molar-refractivity contribution in [1.82, 2.24) is 4.90 Å². The van der Waals surface area contributed by atoms with Gasteiger partial charge >= 0.3 is 0 Å². The van der Waals surface area contributed by atoms with Gasteiger partial charge in [0.05, 0.1) is 0 Å². The first-order chi connectivity index (χ1) is 6.74. The van der Waals surface area contributed by atoms with Gasteiger partial charge in [-0.05, 0) is 70.5 Å². The highest BCUT2D eigenvalue weighted by Crippen LogP contribution is 2.23. The van der Waals surface area contributed by atoms with E-state index < -0.39 is 0 Å². The van der Waals surface area contributed by atoms with Gasteiger partial charge in [-0.3, -0.25) is 0 Å². The van der Waals surface area contributed by atoms with E-state index in [9.17, 15) is 0 Å². The molecule has 14 heavy (non-hydrogen) atoms. The van der Waals surface area contributed by atoms with Crippen LogP contribution >= 0.6 is 11.8 Å². The fourth-order valence-corrected chi connectivity index (χ4v) is 2.73. The Hall–Kier alpha value is 0.310. The summed E-state index contributed by atoms with van der Waals surface area (Å²) in [4.78, 5) is 2.62. The topological polar surface area (TPSA) is 3.24 Å². The zero-order valence-electron chi connectivity index (χ0n) is 9.96. The number of rotatable bonds is 5. The lowest BCUT2D eigenvalue weighted by Gasteiger charge is -2.34. The van der Waals surface area contributed by atoms with Gasteiger partial charge in [-0.15, -0.1) is 0 Å². The standard InChI is InChI=1S/C12H25NS/c1-11(2)13-8-6-12(7-9-13)5-4-10-14-3/h11-12H,4-10H2,1-3H3. The number of likely N-dealkylation sites (tertiary alicyclic amines) is 1. The van der Waals surface area contributed by atoms with Crippen LogP contribution in [0.5, 0.6) is 0 Å². The summed E-state index contributed by atoms with van der Waals surface area (Å²) in [5.74, 6) is 2.38. The van der Waals surface area contributed by atoms with Crippen molar-refractivity contribution in [2.45, 2.75) is 45.6 Å². The van der Waals surface area contributed by atoms with Gasteiger partial charge in [0.15, 0.2) is 0 Å². The molecule has 1 saturated heterocycles. The van der Waals surface area contributed by atoms with Crippen LogP contribution in [0.3, 0.4) is 0 Å². The first-order valence-corrected chi connectivity index (χ1v) is 7.36. The number of hydrogen-bond donors (Lipinski definition) is 0.